The van der Waals surface area contributed by atoms with Gasteiger partial charge >= 0.3 is 6.03 Å². The summed E-state index contributed by atoms with van der Waals surface area (Å²) in [6.45, 7) is 0.603. The normalized spacial score (nSPS) is 31.0. The second kappa shape index (κ2) is 5.23. The monoisotopic (exact) mass is 304 g/mol. The summed E-state index contributed by atoms with van der Waals surface area (Å²) in [5, 5.41) is 6.02. The Morgan fingerprint density at radius 2 is 2.05 bits per heavy atom. The van der Waals surface area contributed by atoms with E-state index in [2.05, 4.69) is 10.6 Å². The van der Waals surface area contributed by atoms with Crippen LogP contribution in [0.1, 0.15) is 37.7 Å². The van der Waals surface area contributed by atoms with E-state index in [0.29, 0.717) is 12.6 Å². The number of nitrogens with one attached hydrogen (secondary N) is 2. The molecule has 2 heterocycles. The molecule has 0 radical (unpaired) electrons. The van der Waals surface area contributed by atoms with Crippen molar-refractivity contribution in [1.29, 1.82) is 0 Å². The van der Waals surface area contributed by atoms with Gasteiger partial charge in [0.1, 0.15) is 5.82 Å². The van der Waals surface area contributed by atoms with Crippen LogP contribution >= 0.6 is 0 Å². The van der Waals surface area contributed by atoms with Crippen molar-refractivity contribution in [3.05, 3.63) is 35.6 Å². The zero-order valence-corrected chi connectivity index (χ0v) is 12.5. The van der Waals surface area contributed by atoms with Gasteiger partial charge in [0.2, 0.25) is 0 Å². The molecule has 3 fully saturated rings. The summed E-state index contributed by atoms with van der Waals surface area (Å²) >= 11 is 0. The van der Waals surface area contributed by atoms with Gasteiger partial charge in [0.15, 0.2) is 0 Å². The molecule has 1 aromatic carbocycles. The highest BCUT2D eigenvalue weighted by molar-refractivity contribution is 5.74. The first-order valence-corrected chi connectivity index (χ1v) is 8.11. The first-order valence-electron chi connectivity index (χ1n) is 8.11. The van der Waals surface area contributed by atoms with Crippen molar-refractivity contribution in [1.82, 2.24) is 10.6 Å². The molecular formula is C17H21FN2O2. The highest BCUT2D eigenvalue weighted by atomic mass is 19.1. The molecule has 0 unspecified atom stereocenters. The van der Waals surface area contributed by atoms with Gasteiger partial charge in [-0.1, -0.05) is 12.1 Å². The predicted octanol–water partition coefficient (Wildman–Crippen LogP) is 2.48. The van der Waals surface area contributed by atoms with Crippen molar-refractivity contribution in [2.24, 2.45) is 0 Å². The molecule has 2 N–H and O–H groups in total. The fraction of sp³-hybridized carbons (Fsp3) is 0.588. The zero-order chi connectivity index (χ0) is 15.2. The molecule has 4 rings (SSSR count). The molecule has 4 nitrogen and oxygen atoms in total. The maximum Gasteiger partial charge on any atom is 0.315 e. The van der Waals surface area contributed by atoms with Crippen LogP contribution in [0.15, 0.2) is 24.3 Å². The van der Waals surface area contributed by atoms with Crippen LogP contribution in [0.2, 0.25) is 0 Å². The molecule has 3 atom stereocenters. The van der Waals surface area contributed by atoms with Crippen molar-refractivity contribution in [2.45, 2.75) is 55.8 Å². The number of fused-ring (bicyclic) bond motifs is 2. The van der Waals surface area contributed by atoms with E-state index in [0.717, 1.165) is 37.7 Å². The molecule has 1 aliphatic carbocycles. The Morgan fingerprint density at radius 3 is 2.64 bits per heavy atom. The van der Waals surface area contributed by atoms with E-state index in [-0.39, 0.29) is 29.4 Å². The Morgan fingerprint density at radius 1 is 1.27 bits per heavy atom. The van der Waals surface area contributed by atoms with E-state index < -0.39 is 0 Å². The first-order chi connectivity index (χ1) is 10.6. The fourth-order valence-electron chi connectivity index (χ4n) is 3.78. The fourth-order valence-corrected chi connectivity index (χ4v) is 3.78. The summed E-state index contributed by atoms with van der Waals surface area (Å²) in [5.74, 6) is -0.221. The van der Waals surface area contributed by atoms with Crippen LogP contribution in [0.5, 0.6) is 0 Å². The van der Waals surface area contributed by atoms with E-state index in [1.165, 1.54) is 12.1 Å². The number of carbonyl (C=O) groups excluding carboxylic acids is 1. The Labute approximate surface area is 129 Å². The van der Waals surface area contributed by atoms with Gasteiger partial charge in [-0.15, -0.1) is 0 Å². The Hall–Kier alpha value is -1.62. The van der Waals surface area contributed by atoms with Gasteiger partial charge in [-0.05, 0) is 49.8 Å². The number of carbonyl (C=O) groups is 1. The Balaban J connectivity index is 1.30. The zero-order valence-electron chi connectivity index (χ0n) is 12.5. The van der Waals surface area contributed by atoms with Crippen molar-refractivity contribution >= 4 is 6.03 Å². The van der Waals surface area contributed by atoms with Gasteiger partial charge in [0.25, 0.3) is 0 Å². The lowest BCUT2D eigenvalue weighted by atomic mass is 9.95. The van der Waals surface area contributed by atoms with Crippen LogP contribution in [0.4, 0.5) is 9.18 Å². The number of hydrogen-bond acceptors (Lipinski definition) is 2. The molecule has 3 aliphatic rings. The van der Waals surface area contributed by atoms with E-state index in [1.54, 1.807) is 0 Å². The Bertz CT molecular complexity index is 571. The van der Waals surface area contributed by atoms with E-state index in [9.17, 15) is 9.18 Å². The highest BCUT2D eigenvalue weighted by Gasteiger charge is 2.45. The third-order valence-electron chi connectivity index (χ3n) is 5.32. The van der Waals surface area contributed by atoms with Crippen LogP contribution in [0, 0.1) is 5.82 Å². The summed E-state index contributed by atoms with van der Waals surface area (Å²) in [5.41, 5.74) is 1.11. The number of urea groups is 1. The van der Waals surface area contributed by atoms with Gasteiger partial charge in [0.05, 0.1) is 18.2 Å². The average Bonchev–Trinajstić information content (AvgIpc) is 3.02. The summed E-state index contributed by atoms with van der Waals surface area (Å²) in [7, 11) is 0. The molecule has 2 aliphatic heterocycles. The number of rotatable bonds is 4. The first kappa shape index (κ1) is 14.0. The number of ether oxygens (including phenoxy) is 1. The lowest BCUT2D eigenvalue weighted by molar-refractivity contribution is 0.0981. The van der Waals surface area contributed by atoms with E-state index in [1.807, 2.05) is 12.1 Å². The molecule has 0 spiro atoms. The highest BCUT2D eigenvalue weighted by Crippen LogP contribution is 2.47. The smallest absolute Gasteiger partial charge is 0.315 e. The molecule has 22 heavy (non-hydrogen) atoms. The van der Waals surface area contributed by atoms with Gasteiger partial charge in [-0.25, -0.2) is 9.18 Å². The largest absolute Gasteiger partial charge is 0.373 e. The molecule has 0 aromatic heterocycles. The van der Waals surface area contributed by atoms with Gasteiger partial charge in [0, 0.05) is 12.0 Å². The minimum absolute atomic E-state index is 0.00375. The lowest BCUT2D eigenvalue weighted by Gasteiger charge is -2.22. The SMILES string of the molecule is O=C(NCC1(c2ccc(F)cc2)CC1)N[C@@H]1C[C@H]2CC[C@H]1O2. The van der Waals surface area contributed by atoms with Gasteiger partial charge in [-0.3, -0.25) is 0 Å². The number of amides is 2. The molecule has 2 bridgehead atoms. The van der Waals surface area contributed by atoms with Crippen LogP contribution in [0.25, 0.3) is 0 Å². The van der Waals surface area contributed by atoms with Crippen molar-refractivity contribution in [3.63, 3.8) is 0 Å². The van der Waals surface area contributed by atoms with Crippen molar-refractivity contribution in [2.75, 3.05) is 6.54 Å². The van der Waals surface area contributed by atoms with Crippen molar-refractivity contribution in [3.8, 4) is 0 Å². The van der Waals surface area contributed by atoms with Crippen LogP contribution in [-0.2, 0) is 10.2 Å². The van der Waals surface area contributed by atoms with Gasteiger partial charge < -0.3 is 15.4 Å². The summed E-state index contributed by atoms with van der Waals surface area (Å²) in [6, 6.07) is 6.66. The van der Waals surface area contributed by atoms with Crippen molar-refractivity contribution < 1.29 is 13.9 Å². The number of halogens is 1. The molecule has 2 amide bonds. The third kappa shape index (κ3) is 2.58. The van der Waals surface area contributed by atoms with E-state index >= 15 is 0 Å². The standard InChI is InChI=1S/C17H21FN2O2/c18-12-3-1-11(2-4-12)17(7-8-17)10-19-16(21)20-14-9-13-5-6-15(14)22-13/h1-4,13-15H,5-10H2,(H2,19,20,21)/t13-,14-,15-/m1/s1. The van der Waals surface area contributed by atoms with Crippen LogP contribution in [0.3, 0.4) is 0 Å². The minimum atomic E-state index is -0.221. The molecule has 1 aromatic rings. The quantitative estimate of drug-likeness (QED) is 0.898. The summed E-state index contributed by atoms with van der Waals surface area (Å²) in [6.07, 6.45) is 5.72. The van der Waals surface area contributed by atoms with E-state index in [4.69, 9.17) is 4.74 Å². The predicted molar refractivity (Wildman–Crippen MR) is 80.1 cm³/mol. The van der Waals surface area contributed by atoms with Gasteiger partial charge in [-0.2, -0.15) is 0 Å². The lowest BCUT2D eigenvalue weighted by Crippen LogP contribution is -2.48. The topological polar surface area (TPSA) is 50.4 Å². The summed E-state index contributed by atoms with van der Waals surface area (Å²) in [4.78, 5) is 12.1. The molecule has 5 heteroatoms. The van der Waals surface area contributed by atoms with Crippen LogP contribution < -0.4 is 10.6 Å². The maximum absolute atomic E-state index is 13.0. The minimum Gasteiger partial charge on any atom is -0.373 e. The number of benzene rings is 1. The van der Waals surface area contributed by atoms with Crippen LogP contribution in [-0.4, -0.2) is 30.8 Å². The molecule has 1 saturated carbocycles. The average molecular weight is 304 g/mol. The molecule has 118 valence electrons. The second-order valence-electron chi connectivity index (χ2n) is 6.83. The molecular weight excluding hydrogens is 283 g/mol. The summed E-state index contributed by atoms with van der Waals surface area (Å²) < 4.78 is 18.8. The number of hydrogen-bond donors (Lipinski definition) is 2. The maximum atomic E-state index is 13.0. The second-order valence-corrected chi connectivity index (χ2v) is 6.83. The Kier molecular flexibility index (Phi) is 3.33. The third-order valence-corrected chi connectivity index (χ3v) is 5.32. The molecule has 2 saturated heterocycles.